The highest BCUT2D eigenvalue weighted by molar-refractivity contribution is 5.85. The molecule has 2 aromatic carbocycles. The minimum absolute atomic E-state index is 0.00338. The lowest BCUT2D eigenvalue weighted by atomic mass is 9.77. The van der Waals surface area contributed by atoms with Gasteiger partial charge in [-0.25, -0.2) is 0 Å². The molecule has 0 saturated carbocycles. The van der Waals surface area contributed by atoms with Crippen molar-refractivity contribution in [3.8, 4) is 17.2 Å². The number of nitrogens with zero attached hydrogens (tertiary/aromatic N) is 1. The van der Waals surface area contributed by atoms with E-state index >= 15 is 0 Å². The molecular weight excluding hydrogens is 370 g/mol. The first-order valence-corrected chi connectivity index (χ1v) is 9.80. The van der Waals surface area contributed by atoms with Crippen LogP contribution >= 0.6 is 0 Å². The van der Waals surface area contributed by atoms with Gasteiger partial charge in [-0.05, 0) is 42.5 Å². The van der Waals surface area contributed by atoms with Crippen LogP contribution in [0.3, 0.4) is 0 Å². The monoisotopic (exact) mass is 399 g/mol. The Balaban J connectivity index is 1.83. The molecule has 1 atom stereocenters. The number of aliphatic hydroxyl groups excluding tert-OH is 1. The van der Waals surface area contributed by atoms with E-state index in [1.165, 1.54) is 0 Å². The summed E-state index contributed by atoms with van der Waals surface area (Å²) in [7, 11) is 4.72. The average molecular weight is 399 g/mol. The van der Waals surface area contributed by atoms with E-state index in [1.807, 2.05) is 47.4 Å². The molecule has 6 heteroatoms. The van der Waals surface area contributed by atoms with E-state index in [-0.39, 0.29) is 12.5 Å². The zero-order chi connectivity index (χ0) is 20.9. The largest absolute Gasteiger partial charge is 0.493 e. The summed E-state index contributed by atoms with van der Waals surface area (Å²) in [6, 6.07) is 13.7. The molecule has 0 bridgehead atoms. The lowest BCUT2D eigenvalue weighted by Crippen LogP contribution is -2.36. The van der Waals surface area contributed by atoms with Crippen molar-refractivity contribution in [2.75, 3.05) is 34.5 Å². The predicted molar refractivity (Wildman–Crippen MR) is 110 cm³/mol. The second-order valence-electron chi connectivity index (χ2n) is 7.43. The third kappa shape index (κ3) is 4.32. The van der Waals surface area contributed by atoms with Gasteiger partial charge < -0.3 is 24.2 Å². The van der Waals surface area contributed by atoms with Crippen LogP contribution in [0.25, 0.3) is 0 Å². The van der Waals surface area contributed by atoms with Gasteiger partial charge >= 0.3 is 0 Å². The van der Waals surface area contributed by atoms with Crippen molar-refractivity contribution in [3.05, 3.63) is 53.6 Å². The van der Waals surface area contributed by atoms with E-state index in [0.29, 0.717) is 43.2 Å². The highest BCUT2D eigenvalue weighted by Crippen LogP contribution is 2.41. The van der Waals surface area contributed by atoms with Gasteiger partial charge in [0, 0.05) is 19.7 Å². The molecule has 3 rings (SSSR count). The van der Waals surface area contributed by atoms with Gasteiger partial charge in [0.25, 0.3) is 0 Å². The molecule has 1 fully saturated rings. The number of aliphatic hydroxyl groups is 1. The fourth-order valence-electron chi connectivity index (χ4n) is 4.18. The van der Waals surface area contributed by atoms with Crippen LogP contribution in [0, 0.1) is 5.41 Å². The molecule has 0 spiro atoms. The quantitative estimate of drug-likeness (QED) is 0.702. The number of hydrogen-bond donors (Lipinski definition) is 1. The predicted octanol–water partition coefficient (Wildman–Crippen LogP) is 3.06. The molecule has 1 unspecified atom stereocenters. The zero-order valence-electron chi connectivity index (χ0n) is 17.3. The highest BCUT2D eigenvalue weighted by Gasteiger charge is 2.46. The molecule has 6 nitrogen and oxygen atoms in total. The Kier molecular flexibility index (Phi) is 6.64. The van der Waals surface area contributed by atoms with Gasteiger partial charge in [0.05, 0.1) is 26.7 Å². The van der Waals surface area contributed by atoms with Gasteiger partial charge in [-0.3, -0.25) is 4.79 Å². The lowest BCUT2D eigenvalue weighted by molar-refractivity contribution is -0.137. The number of ether oxygens (including phenoxy) is 3. The number of hydrogen-bond acceptors (Lipinski definition) is 5. The van der Waals surface area contributed by atoms with E-state index in [9.17, 15) is 9.90 Å². The van der Waals surface area contributed by atoms with E-state index in [4.69, 9.17) is 14.2 Å². The van der Waals surface area contributed by atoms with Crippen LogP contribution in [0.15, 0.2) is 42.5 Å². The molecule has 1 heterocycles. The van der Waals surface area contributed by atoms with Crippen LogP contribution in [0.1, 0.15) is 24.0 Å². The molecule has 1 aliphatic rings. The van der Waals surface area contributed by atoms with E-state index in [0.717, 1.165) is 17.5 Å². The van der Waals surface area contributed by atoms with Gasteiger partial charge in [0.15, 0.2) is 11.5 Å². The lowest BCUT2D eigenvalue weighted by Gasteiger charge is -2.27. The van der Waals surface area contributed by atoms with Gasteiger partial charge in [-0.15, -0.1) is 0 Å². The Bertz CT molecular complexity index is 813. The first-order valence-electron chi connectivity index (χ1n) is 9.80. The molecule has 156 valence electrons. The number of benzene rings is 2. The summed E-state index contributed by atoms with van der Waals surface area (Å²) in [5.41, 5.74) is 1.47. The topological polar surface area (TPSA) is 68.2 Å². The number of methoxy groups -OCH3 is 3. The average Bonchev–Trinajstić information content (AvgIpc) is 3.03. The molecule has 1 amide bonds. The van der Waals surface area contributed by atoms with Crippen LogP contribution in [-0.2, 0) is 17.8 Å². The molecule has 0 aromatic heterocycles. The number of carbonyl (C=O) groups is 1. The molecule has 1 N–H and O–H groups in total. The van der Waals surface area contributed by atoms with Crippen LogP contribution in [0.4, 0.5) is 0 Å². The Hall–Kier alpha value is -2.73. The number of amides is 1. The standard InChI is InChI=1S/C23H29NO5/c1-27-19-13-18(14-20(28-2)21(19)29-3)16-24-11-9-23(10-12-25,22(24)26)15-17-7-5-4-6-8-17/h4-8,13-14,25H,9-12,15-16H2,1-3H3. The van der Waals surface area contributed by atoms with E-state index in [1.54, 1.807) is 21.3 Å². The Morgan fingerprint density at radius 1 is 1.00 bits per heavy atom. The van der Waals surface area contributed by atoms with E-state index < -0.39 is 5.41 Å². The molecular formula is C23H29NO5. The van der Waals surface area contributed by atoms with Crippen LogP contribution in [0.5, 0.6) is 17.2 Å². The summed E-state index contributed by atoms with van der Waals surface area (Å²) < 4.78 is 16.2. The number of likely N-dealkylation sites (tertiary alicyclic amines) is 1. The maximum Gasteiger partial charge on any atom is 0.229 e. The zero-order valence-corrected chi connectivity index (χ0v) is 17.3. The third-order valence-electron chi connectivity index (χ3n) is 5.67. The first kappa shape index (κ1) is 21.0. The molecule has 29 heavy (non-hydrogen) atoms. The normalized spacial score (nSPS) is 18.8. The summed E-state index contributed by atoms with van der Waals surface area (Å²) in [6.07, 6.45) is 1.83. The summed E-state index contributed by atoms with van der Waals surface area (Å²) in [4.78, 5) is 15.2. The van der Waals surface area contributed by atoms with Crippen LogP contribution in [0.2, 0.25) is 0 Å². The minimum Gasteiger partial charge on any atom is -0.493 e. The fourth-order valence-corrected chi connectivity index (χ4v) is 4.18. The van der Waals surface area contributed by atoms with Crippen molar-refractivity contribution in [1.82, 2.24) is 4.90 Å². The maximum atomic E-state index is 13.4. The number of rotatable bonds is 9. The van der Waals surface area contributed by atoms with Gasteiger partial charge in [-0.2, -0.15) is 0 Å². The molecule has 0 radical (unpaired) electrons. The Morgan fingerprint density at radius 3 is 2.21 bits per heavy atom. The van der Waals surface area contributed by atoms with Crippen molar-refractivity contribution in [2.45, 2.75) is 25.8 Å². The van der Waals surface area contributed by atoms with Crippen LogP contribution in [-0.4, -0.2) is 50.4 Å². The summed E-state index contributed by atoms with van der Waals surface area (Å²) in [6.45, 7) is 1.11. The molecule has 1 saturated heterocycles. The second-order valence-corrected chi connectivity index (χ2v) is 7.43. The summed E-state index contributed by atoms with van der Waals surface area (Å²) >= 11 is 0. The van der Waals surface area contributed by atoms with Gasteiger partial charge in [0.1, 0.15) is 0 Å². The van der Waals surface area contributed by atoms with Gasteiger partial charge in [-0.1, -0.05) is 30.3 Å². The van der Waals surface area contributed by atoms with Crippen molar-refractivity contribution < 1.29 is 24.1 Å². The molecule has 0 aliphatic carbocycles. The second kappa shape index (κ2) is 9.18. The smallest absolute Gasteiger partial charge is 0.229 e. The van der Waals surface area contributed by atoms with Gasteiger partial charge in [0.2, 0.25) is 11.7 Å². The molecule has 2 aromatic rings. The minimum atomic E-state index is -0.559. The summed E-state index contributed by atoms with van der Waals surface area (Å²) in [5, 5.41) is 9.64. The van der Waals surface area contributed by atoms with Crippen LogP contribution < -0.4 is 14.2 Å². The SMILES string of the molecule is COc1cc(CN2CCC(CCO)(Cc3ccccc3)C2=O)cc(OC)c1OC. The maximum absolute atomic E-state index is 13.4. The van der Waals surface area contributed by atoms with E-state index in [2.05, 4.69) is 0 Å². The third-order valence-corrected chi connectivity index (χ3v) is 5.67. The van der Waals surface area contributed by atoms with Crippen molar-refractivity contribution in [2.24, 2.45) is 5.41 Å². The number of carbonyl (C=O) groups excluding carboxylic acids is 1. The van der Waals surface area contributed by atoms with Crippen molar-refractivity contribution in [3.63, 3.8) is 0 Å². The van der Waals surface area contributed by atoms with Crippen molar-refractivity contribution >= 4 is 5.91 Å². The Morgan fingerprint density at radius 2 is 1.66 bits per heavy atom. The molecule has 1 aliphatic heterocycles. The summed E-state index contributed by atoms with van der Waals surface area (Å²) in [5.74, 6) is 1.76. The van der Waals surface area contributed by atoms with Crippen molar-refractivity contribution in [1.29, 1.82) is 0 Å². The Labute approximate surface area is 172 Å². The first-order chi connectivity index (χ1) is 14.1. The highest BCUT2D eigenvalue weighted by atomic mass is 16.5. The fraction of sp³-hybridized carbons (Fsp3) is 0.435.